The molecule has 0 spiro atoms. The summed E-state index contributed by atoms with van der Waals surface area (Å²) in [7, 11) is -3.52. The number of likely N-dealkylation sites (tertiary alicyclic amines) is 1. The van der Waals surface area contributed by atoms with E-state index < -0.39 is 10.0 Å². The van der Waals surface area contributed by atoms with Crippen LogP contribution in [0.2, 0.25) is 0 Å². The Kier molecular flexibility index (Phi) is 4.99. The largest absolute Gasteiger partial charge is 0.343 e. The maximum Gasteiger partial charge on any atom is 0.251 e. The molecule has 0 bridgehead atoms. The molecular formula is C11H15BrN2O3S2. The lowest BCUT2D eigenvalue weighted by Gasteiger charge is -2.15. The van der Waals surface area contributed by atoms with E-state index in [4.69, 9.17) is 0 Å². The highest BCUT2D eigenvalue weighted by atomic mass is 79.9. The molecule has 0 unspecified atom stereocenters. The van der Waals surface area contributed by atoms with Crippen LogP contribution in [0.5, 0.6) is 0 Å². The highest BCUT2D eigenvalue weighted by Crippen LogP contribution is 2.27. The normalized spacial score (nSPS) is 15.9. The molecule has 2 rings (SSSR count). The second kappa shape index (κ2) is 6.34. The van der Waals surface area contributed by atoms with Crippen molar-refractivity contribution in [2.75, 3.05) is 19.6 Å². The van der Waals surface area contributed by atoms with Crippen LogP contribution in [0.3, 0.4) is 0 Å². The number of amides is 1. The fraction of sp³-hybridized carbons (Fsp3) is 0.545. The first-order chi connectivity index (χ1) is 9.00. The highest BCUT2D eigenvalue weighted by Gasteiger charge is 2.21. The second-order valence-electron chi connectivity index (χ2n) is 4.29. The lowest BCUT2D eigenvalue weighted by Crippen LogP contribution is -2.32. The van der Waals surface area contributed by atoms with E-state index in [1.807, 2.05) is 0 Å². The second-order valence-corrected chi connectivity index (χ2v) is 8.02. The molecule has 0 atom stereocenters. The van der Waals surface area contributed by atoms with Gasteiger partial charge in [-0.25, -0.2) is 13.1 Å². The van der Waals surface area contributed by atoms with Gasteiger partial charge in [0, 0.05) is 30.5 Å². The number of halogens is 1. The minimum Gasteiger partial charge on any atom is -0.343 e. The Labute approximate surface area is 125 Å². The van der Waals surface area contributed by atoms with Crippen LogP contribution in [0.25, 0.3) is 0 Å². The van der Waals surface area contributed by atoms with Crippen LogP contribution in [0.15, 0.2) is 20.1 Å². The summed E-state index contributed by atoms with van der Waals surface area (Å²) in [6.45, 7) is 1.73. The zero-order chi connectivity index (χ0) is 13.9. The fourth-order valence-corrected chi connectivity index (χ4v) is 5.37. The van der Waals surface area contributed by atoms with Crippen molar-refractivity contribution in [3.63, 3.8) is 0 Å². The van der Waals surface area contributed by atoms with Crippen molar-refractivity contribution in [3.05, 3.63) is 15.9 Å². The molecule has 1 saturated heterocycles. The molecule has 1 amide bonds. The zero-order valence-electron chi connectivity index (χ0n) is 10.3. The summed E-state index contributed by atoms with van der Waals surface area (Å²) in [5.74, 6) is 0.0189. The smallest absolute Gasteiger partial charge is 0.251 e. The first kappa shape index (κ1) is 15.0. The third kappa shape index (κ3) is 3.77. The van der Waals surface area contributed by atoms with Crippen LogP contribution in [-0.4, -0.2) is 38.9 Å². The topological polar surface area (TPSA) is 66.5 Å². The number of nitrogens with one attached hydrogen (secondary N) is 1. The number of nitrogens with zero attached hydrogens (tertiary/aromatic N) is 1. The van der Waals surface area contributed by atoms with Gasteiger partial charge in [0.25, 0.3) is 10.0 Å². The van der Waals surface area contributed by atoms with E-state index >= 15 is 0 Å². The molecule has 19 heavy (non-hydrogen) atoms. The summed E-state index contributed by atoms with van der Waals surface area (Å²) in [5, 5.41) is 1.70. The Balaban J connectivity index is 1.85. The van der Waals surface area contributed by atoms with E-state index in [1.54, 1.807) is 16.3 Å². The Morgan fingerprint density at radius 2 is 2.11 bits per heavy atom. The molecule has 1 aromatic heterocycles. The van der Waals surface area contributed by atoms with Crippen molar-refractivity contribution in [2.45, 2.75) is 23.5 Å². The van der Waals surface area contributed by atoms with E-state index in [1.165, 1.54) is 0 Å². The number of carbonyl (C=O) groups excluding carboxylic acids is 1. The van der Waals surface area contributed by atoms with Crippen molar-refractivity contribution >= 4 is 43.2 Å². The number of sulfonamides is 1. The molecule has 0 saturated carbocycles. The van der Waals surface area contributed by atoms with Crippen molar-refractivity contribution in [1.82, 2.24) is 9.62 Å². The van der Waals surface area contributed by atoms with E-state index in [-0.39, 0.29) is 23.1 Å². The molecule has 106 valence electrons. The molecule has 2 heterocycles. The summed E-state index contributed by atoms with van der Waals surface area (Å²) in [6.07, 6.45) is 2.29. The number of hydrogen-bond acceptors (Lipinski definition) is 4. The lowest BCUT2D eigenvalue weighted by molar-refractivity contribution is -0.129. The molecule has 5 nitrogen and oxygen atoms in total. The van der Waals surface area contributed by atoms with Gasteiger partial charge in [0.15, 0.2) is 0 Å². The average molecular weight is 367 g/mol. The maximum atomic E-state index is 12.0. The number of carbonyl (C=O) groups is 1. The third-order valence-electron chi connectivity index (χ3n) is 2.92. The first-order valence-corrected chi connectivity index (χ1v) is 9.17. The molecule has 1 aliphatic heterocycles. The molecular weight excluding hydrogens is 352 g/mol. The standard InChI is InChI=1S/C11H15BrN2O3S2/c12-9-4-8-18-11(9)19(16,17)13-5-3-10(15)14-6-1-2-7-14/h4,8,13H,1-3,5-7H2. The summed E-state index contributed by atoms with van der Waals surface area (Å²) in [4.78, 5) is 13.6. The summed E-state index contributed by atoms with van der Waals surface area (Å²) >= 11 is 4.34. The molecule has 1 aromatic rings. The van der Waals surface area contributed by atoms with E-state index in [9.17, 15) is 13.2 Å². The van der Waals surface area contributed by atoms with Gasteiger partial charge in [-0.05, 0) is 40.2 Å². The Morgan fingerprint density at radius 1 is 1.42 bits per heavy atom. The van der Waals surface area contributed by atoms with Crippen molar-refractivity contribution in [3.8, 4) is 0 Å². The quantitative estimate of drug-likeness (QED) is 0.863. The summed E-state index contributed by atoms with van der Waals surface area (Å²) in [6, 6.07) is 1.69. The van der Waals surface area contributed by atoms with Crippen LogP contribution in [0, 0.1) is 0 Å². The lowest BCUT2D eigenvalue weighted by atomic mass is 10.4. The Bertz CT molecular complexity index is 550. The first-order valence-electron chi connectivity index (χ1n) is 6.01. The molecule has 8 heteroatoms. The van der Waals surface area contributed by atoms with Crippen molar-refractivity contribution in [1.29, 1.82) is 0 Å². The fourth-order valence-electron chi connectivity index (χ4n) is 1.95. The van der Waals surface area contributed by atoms with E-state index in [2.05, 4.69) is 20.7 Å². The predicted octanol–water partition coefficient (Wildman–Crippen LogP) is 1.80. The summed E-state index contributed by atoms with van der Waals surface area (Å²) in [5.41, 5.74) is 0. The number of hydrogen-bond donors (Lipinski definition) is 1. The van der Waals surface area contributed by atoms with Crippen LogP contribution in [-0.2, 0) is 14.8 Å². The van der Waals surface area contributed by atoms with Gasteiger partial charge in [-0.3, -0.25) is 4.79 Å². The molecule has 1 aliphatic rings. The monoisotopic (exact) mass is 366 g/mol. The Morgan fingerprint density at radius 3 is 2.68 bits per heavy atom. The predicted molar refractivity (Wildman–Crippen MR) is 77.6 cm³/mol. The van der Waals surface area contributed by atoms with Crippen LogP contribution >= 0.6 is 27.3 Å². The third-order valence-corrected chi connectivity index (χ3v) is 7.05. The van der Waals surface area contributed by atoms with Gasteiger partial charge >= 0.3 is 0 Å². The minimum absolute atomic E-state index is 0.0189. The van der Waals surface area contributed by atoms with Crippen LogP contribution in [0.1, 0.15) is 19.3 Å². The van der Waals surface area contributed by atoms with Gasteiger partial charge < -0.3 is 4.90 Å². The molecule has 0 aromatic carbocycles. The van der Waals surface area contributed by atoms with E-state index in [0.717, 1.165) is 37.3 Å². The van der Waals surface area contributed by atoms with Crippen LogP contribution < -0.4 is 4.72 Å². The molecule has 0 radical (unpaired) electrons. The van der Waals surface area contributed by atoms with Gasteiger partial charge in [-0.1, -0.05) is 0 Å². The number of rotatable bonds is 5. The van der Waals surface area contributed by atoms with Crippen molar-refractivity contribution in [2.24, 2.45) is 0 Å². The SMILES string of the molecule is O=C(CCNS(=O)(=O)c1sccc1Br)N1CCCC1. The van der Waals surface area contributed by atoms with Crippen LogP contribution in [0.4, 0.5) is 0 Å². The molecule has 1 N–H and O–H groups in total. The molecule has 0 aliphatic carbocycles. The maximum absolute atomic E-state index is 12.0. The number of thiophene rings is 1. The van der Waals surface area contributed by atoms with Crippen molar-refractivity contribution < 1.29 is 13.2 Å². The van der Waals surface area contributed by atoms with Gasteiger partial charge in [0.05, 0.1) is 0 Å². The van der Waals surface area contributed by atoms with Gasteiger partial charge in [-0.15, -0.1) is 11.3 Å². The van der Waals surface area contributed by atoms with Gasteiger partial charge in [-0.2, -0.15) is 0 Å². The summed E-state index contributed by atoms with van der Waals surface area (Å²) < 4.78 is 27.2. The minimum atomic E-state index is -3.52. The zero-order valence-corrected chi connectivity index (χ0v) is 13.5. The molecule has 1 fully saturated rings. The van der Waals surface area contributed by atoms with Gasteiger partial charge in [0.2, 0.25) is 5.91 Å². The average Bonchev–Trinajstić information content (AvgIpc) is 2.98. The van der Waals surface area contributed by atoms with E-state index in [0.29, 0.717) is 4.47 Å². The van der Waals surface area contributed by atoms with Gasteiger partial charge in [0.1, 0.15) is 4.21 Å². The Hall–Kier alpha value is -0.440. The highest BCUT2D eigenvalue weighted by molar-refractivity contribution is 9.10.